The number of rotatable bonds is 8. The van der Waals surface area contributed by atoms with E-state index < -0.39 is 6.04 Å². The van der Waals surface area contributed by atoms with Gasteiger partial charge in [-0.1, -0.05) is 48.5 Å². The topological polar surface area (TPSA) is 77.1 Å². The minimum atomic E-state index is -0.618. The van der Waals surface area contributed by atoms with E-state index in [2.05, 4.69) is 5.32 Å². The first kappa shape index (κ1) is 25.1. The Labute approximate surface area is 211 Å². The first-order chi connectivity index (χ1) is 17.4. The largest absolute Gasteiger partial charge is 0.496 e. The van der Waals surface area contributed by atoms with Gasteiger partial charge in [-0.3, -0.25) is 9.59 Å². The Kier molecular flexibility index (Phi) is 7.78. The van der Waals surface area contributed by atoms with Crippen LogP contribution < -0.4 is 19.5 Å². The Balaban J connectivity index is 1.41. The van der Waals surface area contributed by atoms with Crippen LogP contribution in [0.15, 0.2) is 60.7 Å². The second-order valence-electron chi connectivity index (χ2n) is 8.77. The molecule has 36 heavy (non-hydrogen) atoms. The summed E-state index contributed by atoms with van der Waals surface area (Å²) >= 11 is 0. The number of carbonyl (C=O) groups is 2. The average molecular weight is 489 g/mol. The summed E-state index contributed by atoms with van der Waals surface area (Å²) in [6.07, 6.45) is 2.88. The number of nitrogens with zero attached hydrogens (tertiary/aromatic N) is 1. The lowest BCUT2D eigenvalue weighted by atomic mass is 9.97. The van der Waals surface area contributed by atoms with Crippen LogP contribution in [0, 0.1) is 0 Å². The van der Waals surface area contributed by atoms with Crippen LogP contribution in [-0.4, -0.2) is 57.2 Å². The molecule has 0 unspecified atom stereocenters. The van der Waals surface area contributed by atoms with Gasteiger partial charge in [-0.05, 0) is 35.3 Å². The van der Waals surface area contributed by atoms with Crippen LogP contribution in [0.25, 0.3) is 16.3 Å². The highest BCUT2D eigenvalue weighted by molar-refractivity contribution is 5.92. The van der Waals surface area contributed by atoms with E-state index in [-0.39, 0.29) is 18.2 Å². The van der Waals surface area contributed by atoms with Crippen LogP contribution in [0.3, 0.4) is 0 Å². The Morgan fingerprint density at radius 1 is 0.972 bits per heavy atom. The molecule has 7 heteroatoms. The van der Waals surface area contributed by atoms with Crippen molar-refractivity contribution in [3.05, 3.63) is 71.8 Å². The summed E-state index contributed by atoms with van der Waals surface area (Å²) in [7, 11) is 4.82. The Hall–Kier alpha value is -4.00. The summed E-state index contributed by atoms with van der Waals surface area (Å²) in [6, 6.07) is 16.9. The molecule has 1 N–H and O–H groups in total. The number of methoxy groups -OCH3 is 3. The van der Waals surface area contributed by atoms with Crippen LogP contribution in [0.5, 0.6) is 17.2 Å². The highest BCUT2D eigenvalue weighted by Crippen LogP contribution is 2.40. The third-order valence-corrected chi connectivity index (χ3v) is 6.54. The van der Waals surface area contributed by atoms with Crippen LogP contribution >= 0.6 is 0 Å². The highest BCUT2D eigenvalue weighted by atomic mass is 16.5. The van der Waals surface area contributed by atoms with E-state index in [1.165, 1.54) is 0 Å². The first-order valence-electron chi connectivity index (χ1n) is 12.0. The fourth-order valence-corrected chi connectivity index (χ4v) is 4.67. The molecule has 0 spiro atoms. The molecule has 0 fully saturated rings. The molecule has 3 aromatic carbocycles. The minimum Gasteiger partial charge on any atom is -0.496 e. The Morgan fingerprint density at radius 3 is 2.31 bits per heavy atom. The van der Waals surface area contributed by atoms with E-state index in [1.807, 2.05) is 60.7 Å². The predicted molar refractivity (Wildman–Crippen MR) is 141 cm³/mol. The Morgan fingerprint density at radius 2 is 1.67 bits per heavy atom. The summed E-state index contributed by atoms with van der Waals surface area (Å²) in [5.41, 5.74) is 2.85. The molecule has 0 bridgehead atoms. The number of fused-ring (bicyclic) bond motifs is 1. The molecule has 1 aliphatic rings. The lowest BCUT2D eigenvalue weighted by Crippen LogP contribution is -2.48. The second-order valence-corrected chi connectivity index (χ2v) is 8.77. The molecule has 0 saturated heterocycles. The normalized spacial score (nSPS) is 14.1. The fraction of sp³-hybridized carbons (Fsp3) is 0.310. The van der Waals surface area contributed by atoms with Gasteiger partial charge in [0, 0.05) is 25.2 Å². The van der Waals surface area contributed by atoms with Gasteiger partial charge in [0.25, 0.3) is 0 Å². The van der Waals surface area contributed by atoms with Crippen molar-refractivity contribution < 1.29 is 23.8 Å². The molecular weight excluding hydrogens is 456 g/mol. The predicted octanol–water partition coefficient (Wildman–Crippen LogP) is 4.23. The number of ether oxygens (including phenoxy) is 3. The fourth-order valence-electron chi connectivity index (χ4n) is 4.67. The molecule has 0 radical (unpaired) electrons. The van der Waals surface area contributed by atoms with Gasteiger partial charge in [-0.2, -0.15) is 0 Å². The number of hydrogen-bond donors (Lipinski definition) is 1. The molecule has 2 amide bonds. The lowest BCUT2D eigenvalue weighted by molar-refractivity contribution is -0.135. The van der Waals surface area contributed by atoms with E-state index >= 15 is 0 Å². The van der Waals surface area contributed by atoms with E-state index in [1.54, 1.807) is 33.2 Å². The molecule has 0 aromatic heterocycles. The van der Waals surface area contributed by atoms with E-state index in [9.17, 15) is 9.59 Å². The molecule has 4 rings (SSSR count). The number of benzene rings is 3. The van der Waals surface area contributed by atoms with Crippen LogP contribution in [0.2, 0.25) is 0 Å². The third-order valence-electron chi connectivity index (χ3n) is 6.54. The summed E-state index contributed by atoms with van der Waals surface area (Å²) in [5, 5.41) is 5.02. The molecule has 0 saturated carbocycles. The van der Waals surface area contributed by atoms with Gasteiger partial charge < -0.3 is 24.4 Å². The van der Waals surface area contributed by atoms with Gasteiger partial charge in [0.15, 0.2) is 0 Å². The monoisotopic (exact) mass is 488 g/mol. The molecule has 0 aliphatic carbocycles. The molecule has 1 heterocycles. The molecule has 188 valence electrons. The maximum Gasteiger partial charge on any atom is 0.245 e. The smallest absolute Gasteiger partial charge is 0.245 e. The lowest BCUT2D eigenvalue weighted by Gasteiger charge is -2.30. The van der Waals surface area contributed by atoms with Crippen molar-refractivity contribution in [1.29, 1.82) is 0 Å². The van der Waals surface area contributed by atoms with Crippen LogP contribution in [0.1, 0.15) is 24.5 Å². The quantitative estimate of drug-likeness (QED) is 0.514. The van der Waals surface area contributed by atoms with Gasteiger partial charge in [0.2, 0.25) is 11.8 Å². The van der Waals surface area contributed by atoms with Crippen molar-refractivity contribution in [3.8, 4) is 17.2 Å². The number of amides is 2. The van der Waals surface area contributed by atoms with Gasteiger partial charge >= 0.3 is 0 Å². The third kappa shape index (κ3) is 5.30. The second kappa shape index (κ2) is 11.2. The Bertz CT molecular complexity index is 1270. The maximum atomic E-state index is 13.1. The summed E-state index contributed by atoms with van der Waals surface area (Å²) in [6.45, 7) is 2.71. The standard InChI is InChI=1S/C29H32N2O5/c1-19(30-27(32)16-22-10-7-9-20-8-5-6-11-24(20)22)29(33)31-14-12-21(13-15-31)28-25(35-3)17-23(34-2)18-26(28)36-4/h5-12,17-19H,13-16H2,1-4H3,(H,30,32)/t19-/m1/s1. The number of nitrogens with one attached hydrogen (secondary N) is 1. The van der Waals surface area contributed by atoms with Gasteiger partial charge in [0.05, 0.1) is 33.3 Å². The molecular formula is C29H32N2O5. The number of carbonyl (C=O) groups excluding carboxylic acids is 2. The molecule has 3 aromatic rings. The van der Waals surface area contributed by atoms with Gasteiger partial charge in [0.1, 0.15) is 23.3 Å². The molecule has 7 nitrogen and oxygen atoms in total. The zero-order chi connectivity index (χ0) is 25.7. The summed E-state index contributed by atoms with van der Waals surface area (Å²) < 4.78 is 16.5. The van der Waals surface area contributed by atoms with Gasteiger partial charge in [-0.15, -0.1) is 0 Å². The van der Waals surface area contributed by atoms with E-state index in [4.69, 9.17) is 14.2 Å². The number of hydrogen-bond acceptors (Lipinski definition) is 5. The van der Waals surface area contributed by atoms with Crippen molar-refractivity contribution in [2.75, 3.05) is 34.4 Å². The zero-order valence-corrected chi connectivity index (χ0v) is 21.2. The highest BCUT2D eigenvalue weighted by Gasteiger charge is 2.26. The SMILES string of the molecule is COc1cc(OC)c(C2=CCN(C(=O)[C@@H](C)NC(=O)Cc3cccc4ccccc34)CC2)c(OC)c1. The average Bonchev–Trinajstić information content (AvgIpc) is 2.92. The van der Waals surface area contributed by atoms with Crippen LogP contribution in [0.4, 0.5) is 0 Å². The van der Waals surface area contributed by atoms with Crippen molar-refractivity contribution >= 4 is 28.2 Å². The van der Waals surface area contributed by atoms with E-state index in [0.717, 1.165) is 27.5 Å². The van der Waals surface area contributed by atoms with Gasteiger partial charge in [-0.25, -0.2) is 0 Å². The van der Waals surface area contributed by atoms with Crippen molar-refractivity contribution in [2.45, 2.75) is 25.8 Å². The van der Waals surface area contributed by atoms with Crippen molar-refractivity contribution in [2.24, 2.45) is 0 Å². The zero-order valence-electron chi connectivity index (χ0n) is 21.2. The minimum absolute atomic E-state index is 0.106. The first-order valence-corrected chi connectivity index (χ1v) is 12.0. The van der Waals surface area contributed by atoms with Crippen LogP contribution in [-0.2, 0) is 16.0 Å². The van der Waals surface area contributed by atoms with Crippen molar-refractivity contribution in [3.63, 3.8) is 0 Å². The summed E-state index contributed by atoms with van der Waals surface area (Å²) in [4.78, 5) is 27.6. The molecule has 1 aliphatic heterocycles. The molecule has 1 atom stereocenters. The van der Waals surface area contributed by atoms with Crippen molar-refractivity contribution in [1.82, 2.24) is 10.2 Å². The maximum absolute atomic E-state index is 13.1. The summed E-state index contributed by atoms with van der Waals surface area (Å²) in [5.74, 6) is 1.68. The van der Waals surface area contributed by atoms with E-state index in [0.29, 0.717) is 36.8 Å².